The first-order valence-electron chi connectivity index (χ1n) is 5.97. The van der Waals surface area contributed by atoms with Crippen LogP contribution in [0.4, 0.5) is 0 Å². The van der Waals surface area contributed by atoms with Gasteiger partial charge in [0.1, 0.15) is 0 Å². The lowest BCUT2D eigenvalue weighted by molar-refractivity contribution is -0.120. The van der Waals surface area contributed by atoms with E-state index in [1.165, 1.54) is 0 Å². The molecule has 1 amide bonds. The van der Waals surface area contributed by atoms with E-state index in [0.717, 1.165) is 24.2 Å². The summed E-state index contributed by atoms with van der Waals surface area (Å²) in [6.45, 7) is 4.24. The van der Waals surface area contributed by atoms with E-state index in [2.05, 4.69) is 20.6 Å². The number of hydrogen-bond acceptors (Lipinski definition) is 4. The van der Waals surface area contributed by atoms with Crippen molar-refractivity contribution in [2.45, 2.75) is 38.8 Å². The van der Waals surface area contributed by atoms with Gasteiger partial charge in [0.15, 0.2) is 0 Å². The predicted octanol–water partition coefficient (Wildman–Crippen LogP) is 0.714. The van der Waals surface area contributed by atoms with Gasteiger partial charge in [-0.05, 0) is 26.7 Å². The maximum atomic E-state index is 11.5. The van der Waals surface area contributed by atoms with Crippen molar-refractivity contribution in [2.24, 2.45) is 0 Å². The predicted molar refractivity (Wildman–Crippen MR) is 64.4 cm³/mol. The fourth-order valence-electron chi connectivity index (χ4n) is 1.69. The Kier molecular flexibility index (Phi) is 3.68. The molecule has 0 saturated heterocycles. The number of amides is 1. The van der Waals surface area contributed by atoms with E-state index in [1.807, 2.05) is 13.8 Å². The molecular formula is C12H18N4O. The molecule has 2 N–H and O–H groups in total. The first-order valence-corrected chi connectivity index (χ1v) is 5.97. The molecule has 5 heteroatoms. The van der Waals surface area contributed by atoms with Gasteiger partial charge in [0.25, 0.3) is 0 Å². The molecule has 1 unspecified atom stereocenters. The zero-order valence-electron chi connectivity index (χ0n) is 10.2. The number of nitrogens with one attached hydrogen (secondary N) is 2. The lowest BCUT2D eigenvalue weighted by Crippen LogP contribution is -2.36. The summed E-state index contributed by atoms with van der Waals surface area (Å²) in [6.07, 6.45) is 5.57. The SMILES string of the molecule is Cc1nccnc1C(C)NCC(=O)NC1CC1. The number of aryl methyl sites for hydroxylation is 1. The van der Waals surface area contributed by atoms with Crippen LogP contribution in [0.2, 0.25) is 0 Å². The van der Waals surface area contributed by atoms with Crippen LogP contribution >= 0.6 is 0 Å². The van der Waals surface area contributed by atoms with Crippen LogP contribution in [0.3, 0.4) is 0 Å². The summed E-state index contributed by atoms with van der Waals surface area (Å²) in [5, 5.41) is 6.10. The number of carbonyl (C=O) groups excluding carboxylic acids is 1. The van der Waals surface area contributed by atoms with Crippen LogP contribution in [0.5, 0.6) is 0 Å². The van der Waals surface area contributed by atoms with Gasteiger partial charge in [-0.2, -0.15) is 0 Å². The molecule has 17 heavy (non-hydrogen) atoms. The number of nitrogens with zero attached hydrogens (tertiary/aromatic N) is 2. The summed E-state index contributed by atoms with van der Waals surface area (Å²) in [6, 6.07) is 0.450. The monoisotopic (exact) mass is 234 g/mol. The second-order valence-corrected chi connectivity index (χ2v) is 4.47. The summed E-state index contributed by atoms with van der Waals surface area (Å²) < 4.78 is 0. The zero-order chi connectivity index (χ0) is 12.3. The molecule has 2 rings (SSSR count). The van der Waals surface area contributed by atoms with Crippen molar-refractivity contribution in [1.82, 2.24) is 20.6 Å². The molecule has 0 bridgehead atoms. The molecule has 0 radical (unpaired) electrons. The van der Waals surface area contributed by atoms with Crippen LogP contribution in [-0.4, -0.2) is 28.5 Å². The normalized spacial score (nSPS) is 16.6. The molecule has 0 aromatic carbocycles. The first kappa shape index (κ1) is 12.0. The van der Waals surface area contributed by atoms with E-state index in [0.29, 0.717) is 12.6 Å². The largest absolute Gasteiger partial charge is 0.352 e. The number of rotatable bonds is 5. The zero-order valence-corrected chi connectivity index (χ0v) is 10.2. The van der Waals surface area contributed by atoms with Gasteiger partial charge in [-0.1, -0.05) is 0 Å². The van der Waals surface area contributed by atoms with E-state index < -0.39 is 0 Å². The highest BCUT2D eigenvalue weighted by Crippen LogP contribution is 2.18. The minimum Gasteiger partial charge on any atom is -0.352 e. The lowest BCUT2D eigenvalue weighted by Gasteiger charge is -2.14. The minimum absolute atomic E-state index is 0.0358. The van der Waals surface area contributed by atoms with E-state index in [4.69, 9.17) is 0 Å². The molecular weight excluding hydrogens is 216 g/mol. The van der Waals surface area contributed by atoms with E-state index >= 15 is 0 Å². The summed E-state index contributed by atoms with van der Waals surface area (Å²) in [5.74, 6) is 0.0564. The van der Waals surface area contributed by atoms with Crippen molar-refractivity contribution in [1.29, 1.82) is 0 Å². The maximum Gasteiger partial charge on any atom is 0.234 e. The molecule has 1 atom stereocenters. The Morgan fingerprint density at radius 2 is 2.18 bits per heavy atom. The van der Waals surface area contributed by atoms with Gasteiger partial charge in [-0.25, -0.2) is 0 Å². The van der Waals surface area contributed by atoms with Gasteiger partial charge in [-0.15, -0.1) is 0 Å². The maximum absolute atomic E-state index is 11.5. The van der Waals surface area contributed by atoms with Crippen molar-refractivity contribution < 1.29 is 4.79 Å². The molecule has 0 spiro atoms. The van der Waals surface area contributed by atoms with Gasteiger partial charge >= 0.3 is 0 Å². The number of carbonyl (C=O) groups is 1. The van der Waals surface area contributed by atoms with E-state index in [1.54, 1.807) is 12.4 Å². The standard InChI is InChI=1S/C12H18N4O/c1-8-12(14-6-5-13-8)9(2)15-7-11(17)16-10-3-4-10/h5-6,9-10,15H,3-4,7H2,1-2H3,(H,16,17). The molecule has 1 aromatic heterocycles. The second-order valence-electron chi connectivity index (χ2n) is 4.47. The van der Waals surface area contributed by atoms with Crippen LogP contribution in [-0.2, 0) is 4.79 Å². The van der Waals surface area contributed by atoms with Crippen molar-refractivity contribution >= 4 is 5.91 Å². The Morgan fingerprint density at radius 1 is 1.47 bits per heavy atom. The molecule has 1 aliphatic rings. The number of aromatic nitrogens is 2. The quantitative estimate of drug-likeness (QED) is 0.787. The molecule has 1 heterocycles. The summed E-state index contributed by atoms with van der Waals surface area (Å²) >= 11 is 0. The third-order valence-electron chi connectivity index (χ3n) is 2.84. The van der Waals surface area contributed by atoms with Gasteiger partial charge in [0.2, 0.25) is 5.91 Å². The number of hydrogen-bond donors (Lipinski definition) is 2. The van der Waals surface area contributed by atoms with Crippen LogP contribution in [0.1, 0.15) is 37.2 Å². The Hall–Kier alpha value is -1.49. The first-order chi connectivity index (χ1) is 8.16. The third kappa shape index (κ3) is 3.49. The molecule has 1 aliphatic carbocycles. The highest BCUT2D eigenvalue weighted by atomic mass is 16.2. The highest BCUT2D eigenvalue weighted by Gasteiger charge is 2.23. The summed E-state index contributed by atoms with van der Waals surface area (Å²) in [5.41, 5.74) is 1.79. The van der Waals surface area contributed by atoms with Crippen molar-refractivity contribution in [3.05, 3.63) is 23.8 Å². The molecule has 1 fully saturated rings. The summed E-state index contributed by atoms with van der Waals surface area (Å²) in [4.78, 5) is 20.0. The lowest BCUT2D eigenvalue weighted by atomic mass is 10.2. The molecule has 1 saturated carbocycles. The average molecular weight is 234 g/mol. The Labute approximate surface area is 101 Å². The van der Waals surface area contributed by atoms with Crippen LogP contribution in [0.25, 0.3) is 0 Å². The van der Waals surface area contributed by atoms with E-state index in [-0.39, 0.29) is 11.9 Å². The fraction of sp³-hybridized carbons (Fsp3) is 0.583. The third-order valence-corrected chi connectivity index (χ3v) is 2.84. The summed E-state index contributed by atoms with van der Waals surface area (Å²) in [7, 11) is 0. The highest BCUT2D eigenvalue weighted by molar-refractivity contribution is 5.78. The van der Waals surface area contributed by atoms with Gasteiger partial charge < -0.3 is 10.6 Å². The average Bonchev–Trinajstić information content (AvgIpc) is 3.10. The molecule has 1 aromatic rings. The van der Waals surface area contributed by atoms with Crippen LogP contribution in [0.15, 0.2) is 12.4 Å². The molecule has 0 aliphatic heterocycles. The smallest absolute Gasteiger partial charge is 0.234 e. The van der Waals surface area contributed by atoms with Crippen LogP contribution in [0, 0.1) is 6.92 Å². The topological polar surface area (TPSA) is 66.9 Å². The van der Waals surface area contributed by atoms with Gasteiger partial charge in [-0.3, -0.25) is 14.8 Å². The Bertz CT molecular complexity index is 403. The fourth-order valence-corrected chi connectivity index (χ4v) is 1.69. The van der Waals surface area contributed by atoms with Crippen molar-refractivity contribution in [3.8, 4) is 0 Å². The van der Waals surface area contributed by atoms with Gasteiger partial charge in [0, 0.05) is 24.5 Å². The Balaban J connectivity index is 1.82. The van der Waals surface area contributed by atoms with Crippen molar-refractivity contribution in [2.75, 3.05) is 6.54 Å². The Morgan fingerprint density at radius 3 is 2.82 bits per heavy atom. The van der Waals surface area contributed by atoms with Gasteiger partial charge in [0.05, 0.1) is 17.9 Å². The van der Waals surface area contributed by atoms with Crippen molar-refractivity contribution in [3.63, 3.8) is 0 Å². The second kappa shape index (κ2) is 5.23. The van der Waals surface area contributed by atoms with E-state index in [9.17, 15) is 4.79 Å². The minimum atomic E-state index is 0.0358. The molecule has 5 nitrogen and oxygen atoms in total. The molecule has 92 valence electrons. The van der Waals surface area contributed by atoms with Crippen LogP contribution < -0.4 is 10.6 Å².